The maximum atomic E-state index is 13.3. The first-order valence-corrected chi connectivity index (χ1v) is 6.13. The summed E-state index contributed by atoms with van der Waals surface area (Å²) in [6.07, 6.45) is 0.762. The van der Waals surface area contributed by atoms with Crippen molar-refractivity contribution in [2.75, 3.05) is 18.5 Å². The van der Waals surface area contributed by atoms with Crippen LogP contribution in [0, 0.1) is 5.82 Å². The molecular weight excluding hydrogens is 267 g/mol. The fourth-order valence-corrected chi connectivity index (χ4v) is 1.99. The summed E-state index contributed by atoms with van der Waals surface area (Å²) in [4.78, 5) is 23.0. The zero-order chi connectivity index (χ0) is 14.8. The molecule has 0 unspecified atom stereocenters. The first-order chi connectivity index (χ1) is 9.42. The molecule has 0 aliphatic carbocycles. The Hall–Kier alpha value is -1.99. The van der Waals surface area contributed by atoms with Gasteiger partial charge in [0.15, 0.2) is 0 Å². The normalized spacial score (nSPS) is 17.5. The molecule has 1 fully saturated rings. The number of halogens is 1. The van der Waals surface area contributed by atoms with E-state index in [1.807, 2.05) is 0 Å². The summed E-state index contributed by atoms with van der Waals surface area (Å²) in [7, 11) is 0. The standard InChI is InChI=1S/C13H15FN2O4/c14-10-2-1-8(7-9(10)11(17)18)16-12(19)13(15)3-5-20-6-4-13/h1-2,7H,3-6,15H2,(H,16,19)(H,17,18). The maximum absolute atomic E-state index is 13.3. The Labute approximate surface area is 114 Å². The lowest BCUT2D eigenvalue weighted by Gasteiger charge is -2.31. The van der Waals surface area contributed by atoms with Crippen LogP contribution in [0.15, 0.2) is 18.2 Å². The van der Waals surface area contributed by atoms with Crippen molar-refractivity contribution in [2.45, 2.75) is 18.4 Å². The molecule has 1 heterocycles. The van der Waals surface area contributed by atoms with Gasteiger partial charge in [-0.15, -0.1) is 0 Å². The highest BCUT2D eigenvalue weighted by Crippen LogP contribution is 2.21. The van der Waals surface area contributed by atoms with Crippen LogP contribution in [0.5, 0.6) is 0 Å². The van der Waals surface area contributed by atoms with Gasteiger partial charge in [-0.1, -0.05) is 0 Å². The van der Waals surface area contributed by atoms with E-state index in [1.165, 1.54) is 6.07 Å². The van der Waals surface area contributed by atoms with Crippen LogP contribution >= 0.6 is 0 Å². The van der Waals surface area contributed by atoms with Crippen LogP contribution in [0.25, 0.3) is 0 Å². The first kappa shape index (κ1) is 14.4. The molecule has 1 amide bonds. The fourth-order valence-electron chi connectivity index (χ4n) is 1.99. The smallest absolute Gasteiger partial charge is 0.338 e. The second-order valence-electron chi connectivity index (χ2n) is 4.72. The number of nitrogens with one attached hydrogen (secondary N) is 1. The van der Waals surface area contributed by atoms with Crippen LogP contribution in [0.3, 0.4) is 0 Å². The first-order valence-electron chi connectivity index (χ1n) is 6.13. The summed E-state index contributed by atoms with van der Waals surface area (Å²) < 4.78 is 18.4. The second-order valence-corrected chi connectivity index (χ2v) is 4.72. The van der Waals surface area contributed by atoms with E-state index in [2.05, 4.69) is 5.32 Å². The number of anilines is 1. The number of hydrogen-bond acceptors (Lipinski definition) is 4. The molecule has 0 bridgehead atoms. The van der Waals surface area contributed by atoms with Crippen molar-refractivity contribution in [3.8, 4) is 0 Å². The Morgan fingerprint density at radius 1 is 1.35 bits per heavy atom. The molecule has 1 aliphatic rings. The van der Waals surface area contributed by atoms with Crippen LogP contribution in [0.2, 0.25) is 0 Å². The highest BCUT2D eigenvalue weighted by molar-refractivity contribution is 5.99. The minimum atomic E-state index is -1.40. The lowest BCUT2D eigenvalue weighted by atomic mass is 9.90. The number of carboxylic acid groups (broad SMARTS) is 1. The Morgan fingerprint density at radius 2 is 2.00 bits per heavy atom. The van der Waals surface area contributed by atoms with Crippen molar-refractivity contribution >= 4 is 17.6 Å². The highest BCUT2D eigenvalue weighted by atomic mass is 19.1. The third-order valence-corrected chi connectivity index (χ3v) is 3.29. The van der Waals surface area contributed by atoms with Gasteiger partial charge >= 0.3 is 5.97 Å². The van der Waals surface area contributed by atoms with Crippen LogP contribution in [-0.4, -0.2) is 35.7 Å². The van der Waals surface area contributed by atoms with Gasteiger partial charge in [0.1, 0.15) is 11.4 Å². The zero-order valence-electron chi connectivity index (χ0n) is 10.7. The third kappa shape index (κ3) is 2.94. The van der Waals surface area contributed by atoms with Gasteiger partial charge in [0.25, 0.3) is 0 Å². The Bertz CT molecular complexity index is 541. The predicted octanol–water partition coefficient (Wildman–Crippen LogP) is 0.970. The minimum absolute atomic E-state index is 0.199. The molecule has 1 aromatic carbocycles. The molecule has 1 aromatic rings. The summed E-state index contributed by atoms with van der Waals surface area (Å²) in [6, 6.07) is 3.35. The van der Waals surface area contributed by atoms with E-state index >= 15 is 0 Å². The van der Waals surface area contributed by atoms with Crippen molar-refractivity contribution in [3.05, 3.63) is 29.6 Å². The number of carboxylic acids is 1. The number of rotatable bonds is 3. The SMILES string of the molecule is NC1(C(=O)Nc2ccc(F)c(C(=O)O)c2)CCOCC1. The molecule has 0 spiro atoms. The molecule has 108 valence electrons. The fraction of sp³-hybridized carbons (Fsp3) is 0.385. The number of aromatic carboxylic acids is 1. The van der Waals surface area contributed by atoms with E-state index in [0.29, 0.717) is 26.1 Å². The lowest BCUT2D eigenvalue weighted by molar-refractivity contribution is -0.124. The summed E-state index contributed by atoms with van der Waals surface area (Å²) in [5, 5.41) is 11.4. The Balaban J connectivity index is 2.15. The van der Waals surface area contributed by atoms with E-state index in [4.69, 9.17) is 15.6 Å². The topological polar surface area (TPSA) is 102 Å². The number of carbonyl (C=O) groups is 2. The largest absolute Gasteiger partial charge is 0.478 e. The van der Waals surface area contributed by atoms with Crippen molar-refractivity contribution in [1.82, 2.24) is 0 Å². The van der Waals surface area contributed by atoms with E-state index in [0.717, 1.165) is 12.1 Å². The highest BCUT2D eigenvalue weighted by Gasteiger charge is 2.36. The molecular formula is C13H15FN2O4. The molecule has 7 heteroatoms. The van der Waals surface area contributed by atoms with Gasteiger partial charge in [-0.25, -0.2) is 9.18 Å². The average Bonchev–Trinajstić information content (AvgIpc) is 2.41. The Kier molecular flexibility index (Phi) is 4.01. The molecule has 0 saturated carbocycles. The monoisotopic (exact) mass is 282 g/mol. The summed E-state index contributed by atoms with van der Waals surface area (Å²) in [5.74, 6) is -2.68. The number of benzene rings is 1. The van der Waals surface area contributed by atoms with Crippen LogP contribution in [0.1, 0.15) is 23.2 Å². The molecule has 6 nitrogen and oxygen atoms in total. The van der Waals surface area contributed by atoms with Gasteiger partial charge in [0, 0.05) is 18.9 Å². The maximum Gasteiger partial charge on any atom is 0.338 e. The van der Waals surface area contributed by atoms with Crippen LogP contribution < -0.4 is 11.1 Å². The van der Waals surface area contributed by atoms with Crippen LogP contribution in [0.4, 0.5) is 10.1 Å². The molecule has 2 rings (SSSR count). The van der Waals surface area contributed by atoms with Crippen LogP contribution in [-0.2, 0) is 9.53 Å². The van der Waals surface area contributed by atoms with E-state index < -0.39 is 28.8 Å². The molecule has 0 radical (unpaired) electrons. The molecule has 1 saturated heterocycles. The van der Waals surface area contributed by atoms with Gasteiger partial charge in [-0.05, 0) is 31.0 Å². The van der Waals surface area contributed by atoms with E-state index in [1.54, 1.807) is 0 Å². The van der Waals surface area contributed by atoms with Gasteiger partial charge in [-0.3, -0.25) is 4.79 Å². The van der Waals surface area contributed by atoms with Gasteiger partial charge in [-0.2, -0.15) is 0 Å². The number of hydrogen-bond donors (Lipinski definition) is 3. The molecule has 1 aliphatic heterocycles. The number of nitrogens with two attached hydrogens (primary N) is 1. The number of amides is 1. The zero-order valence-corrected chi connectivity index (χ0v) is 10.7. The van der Waals surface area contributed by atoms with Crippen molar-refractivity contribution in [3.63, 3.8) is 0 Å². The number of ether oxygens (including phenoxy) is 1. The molecule has 4 N–H and O–H groups in total. The van der Waals surface area contributed by atoms with Crippen molar-refractivity contribution < 1.29 is 23.8 Å². The van der Waals surface area contributed by atoms with Gasteiger partial charge in [0.05, 0.1) is 5.56 Å². The van der Waals surface area contributed by atoms with Gasteiger partial charge in [0.2, 0.25) is 5.91 Å². The third-order valence-electron chi connectivity index (χ3n) is 3.29. The lowest BCUT2D eigenvalue weighted by Crippen LogP contribution is -2.54. The van der Waals surface area contributed by atoms with Crippen molar-refractivity contribution in [2.24, 2.45) is 5.73 Å². The summed E-state index contributed by atoms with van der Waals surface area (Å²) in [6.45, 7) is 0.793. The minimum Gasteiger partial charge on any atom is -0.478 e. The van der Waals surface area contributed by atoms with Crippen molar-refractivity contribution in [1.29, 1.82) is 0 Å². The van der Waals surface area contributed by atoms with E-state index in [-0.39, 0.29) is 5.69 Å². The summed E-state index contributed by atoms with van der Waals surface area (Å²) in [5.41, 5.74) is 4.65. The predicted molar refractivity (Wildman–Crippen MR) is 69.0 cm³/mol. The molecule has 0 aromatic heterocycles. The average molecular weight is 282 g/mol. The summed E-state index contributed by atoms with van der Waals surface area (Å²) >= 11 is 0. The molecule has 0 atom stereocenters. The van der Waals surface area contributed by atoms with Gasteiger partial charge < -0.3 is 20.9 Å². The number of carbonyl (C=O) groups excluding carboxylic acids is 1. The second kappa shape index (κ2) is 5.56. The van der Waals surface area contributed by atoms with E-state index in [9.17, 15) is 14.0 Å². The Morgan fingerprint density at radius 3 is 2.60 bits per heavy atom. The molecule has 20 heavy (non-hydrogen) atoms. The quantitative estimate of drug-likeness (QED) is 0.766.